The molecular weight excluding hydrogens is 188 g/mol. The summed E-state index contributed by atoms with van der Waals surface area (Å²) in [5.74, 6) is -0.294. The summed E-state index contributed by atoms with van der Waals surface area (Å²) in [5, 5.41) is 0. The van der Waals surface area contributed by atoms with Crippen LogP contribution >= 0.6 is 0 Å². The number of carbonyl (C=O) groups is 1. The number of esters is 1. The van der Waals surface area contributed by atoms with Gasteiger partial charge >= 0.3 is 5.97 Å². The van der Waals surface area contributed by atoms with Gasteiger partial charge in [0, 0.05) is 6.92 Å². The third-order valence-electron chi connectivity index (χ3n) is 1.08. The van der Waals surface area contributed by atoms with Gasteiger partial charge in [-0.1, -0.05) is 45.2 Å². The SMILES string of the molecule is C/C=C\C.C=CC(=C)COC(C)=O.CC. The van der Waals surface area contributed by atoms with Crippen LogP contribution in [0.2, 0.25) is 0 Å². The molecule has 0 heterocycles. The van der Waals surface area contributed by atoms with Crippen LogP contribution in [0.4, 0.5) is 0 Å². The molecule has 0 atom stereocenters. The molecule has 0 aliphatic heterocycles. The van der Waals surface area contributed by atoms with Crippen molar-refractivity contribution < 1.29 is 9.53 Å². The predicted octanol–water partition coefficient (Wildman–Crippen LogP) is 3.90. The Morgan fingerprint density at radius 1 is 1.27 bits per heavy atom. The fraction of sp³-hybridized carbons (Fsp3) is 0.462. The number of carbonyl (C=O) groups excluding carboxylic acids is 1. The van der Waals surface area contributed by atoms with E-state index >= 15 is 0 Å². The Kier molecular flexibility index (Phi) is 23.8. The van der Waals surface area contributed by atoms with Crippen molar-refractivity contribution in [1.82, 2.24) is 0 Å². The van der Waals surface area contributed by atoms with Crippen LogP contribution in [0.15, 0.2) is 37.0 Å². The summed E-state index contributed by atoms with van der Waals surface area (Å²) >= 11 is 0. The van der Waals surface area contributed by atoms with Crippen molar-refractivity contribution in [2.24, 2.45) is 0 Å². The molecule has 0 aromatic rings. The molecule has 88 valence electrons. The van der Waals surface area contributed by atoms with E-state index in [2.05, 4.69) is 17.9 Å². The Balaban J connectivity index is -0.000000202. The standard InChI is InChI=1S/C7H10O2.C4H8.C2H6/c1-4-6(2)5-9-7(3)8;1-3-4-2;1-2/h4H,1-2,5H2,3H3;3-4H,1-2H3;1-2H3/b;4-3-;. The molecule has 0 fully saturated rings. The maximum absolute atomic E-state index is 10.2. The smallest absolute Gasteiger partial charge is 0.302 e. The maximum Gasteiger partial charge on any atom is 0.302 e. The molecule has 0 aliphatic carbocycles. The van der Waals surface area contributed by atoms with Gasteiger partial charge in [0.05, 0.1) is 0 Å². The Labute approximate surface area is 94.3 Å². The van der Waals surface area contributed by atoms with Gasteiger partial charge in [-0.05, 0) is 19.4 Å². The van der Waals surface area contributed by atoms with Crippen LogP contribution in [0.3, 0.4) is 0 Å². The Morgan fingerprint density at radius 3 is 1.87 bits per heavy atom. The van der Waals surface area contributed by atoms with Gasteiger partial charge in [0.2, 0.25) is 0 Å². The molecule has 0 N–H and O–H groups in total. The van der Waals surface area contributed by atoms with E-state index in [-0.39, 0.29) is 12.6 Å². The van der Waals surface area contributed by atoms with Gasteiger partial charge < -0.3 is 4.74 Å². The van der Waals surface area contributed by atoms with Crippen LogP contribution in [0.5, 0.6) is 0 Å². The molecule has 0 aromatic heterocycles. The molecule has 0 aliphatic rings. The topological polar surface area (TPSA) is 26.3 Å². The zero-order chi connectivity index (χ0) is 12.7. The lowest BCUT2D eigenvalue weighted by atomic mass is 10.3. The fourth-order valence-electron chi connectivity index (χ4n) is 0.253. The number of ether oxygens (including phenoxy) is 1. The summed E-state index contributed by atoms with van der Waals surface area (Å²) in [4.78, 5) is 10.2. The predicted molar refractivity (Wildman–Crippen MR) is 67.8 cm³/mol. The monoisotopic (exact) mass is 212 g/mol. The average Bonchev–Trinajstić information content (AvgIpc) is 2.28. The van der Waals surface area contributed by atoms with Gasteiger partial charge in [-0.15, -0.1) is 0 Å². The average molecular weight is 212 g/mol. The summed E-state index contributed by atoms with van der Waals surface area (Å²) in [6.07, 6.45) is 5.56. The fourth-order valence-corrected chi connectivity index (χ4v) is 0.253. The molecule has 0 saturated heterocycles. The van der Waals surface area contributed by atoms with Crippen LogP contribution in [0.1, 0.15) is 34.6 Å². The highest BCUT2D eigenvalue weighted by molar-refractivity contribution is 5.66. The first kappa shape index (κ1) is 19.3. The van der Waals surface area contributed by atoms with Crippen molar-refractivity contribution in [3.8, 4) is 0 Å². The van der Waals surface area contributed by atoms with Crippen molar-refractivity contribution in [2.45, 2.75) is 34.6 Å². The van der Waals surface area contributed by atoms with E-state index in [1.165, 1.54) is 6.92 Å². The summed E-state index contributed by atoms with van der Waals surface area (Å²) in [7, 11) is 0. The van der Waals surface area contributed by atoms with Gasteiger partial charge in [-0.25, -0.2) is 0 Å². The molecule has 0 spiro atoms. The number of rotatable bonds is 3. The van der Waals surface area contributed by atoms with Gasteiger partial charge in [-0.3, -0.25) is 4.79 Å². The minimum Gasteiger partial charge on any atom is -0.461 e. The zero-order valence-electron chi connectivity index (χ0n) is 10.7. The molecule has 0 aromatic carbocycles. The highest BCUT2D eigenvalue weighted by Crippen LogP contribution is 1.90. The second-order valence-corrected chi connectivity index (χ2v) is 2.31. The molecule has 0 rings (SSSR count). The van der Waals surface area contributed by atoms with Crippen LogP contribution < -0.4 is 0 Å². The lowest BCUT2D eigenvalue weighted by molar-refractivity contribution is -0.139. The quantitative estimate of drug-likeness (QED) is 0.403. The van der Waals surface area contributed by atoms with Crippen molar-refractivity contribution in [2.75, 3.05) is 6.61 Å². The van der Waals surface area contributed by atoms with Crippen molar-refractivity contribution in [1.29, 1.82) is 0 Å². The largest absolute Gasteiger partial charge is 0.461 e. The highest BCUT2D eigenvalue weighted by atomic mass is 16.5. The van der Waals surface area contributed by atoms with Crippen LogP contribution in [0, 0.1) is 0 Å². The van der Waals surface area contributed by atoms with Gasteiger partial charge in [-0.2, -0.15) is 0 Å². The maximum atomic E-state index is 10.2. The number of allylic oxidation sites excluding steroid dienone is 2. The summed E-state index contributed by atoms with van der Waals surface area (Å²) < 4.78 is 4.58. The second kappa shape index (κ2) is 18.5. The van der Waals surface area contributed by atoms with Crippen LogP contribution in [-0.4, -0.2) is 12.6 Å². The Hall–Kier alpha value is -1.31. The van der Waals surface area contributed by atoms with Gasteiger partial charge in [0.15, 0.2) is 0 Å². The lowest BCUT2D eigenvalue weighted by Crippen LogP contribution is -2.00. The Bertz CT molecular complexity index is 187. The molecular formula is C13H24O2. The van der Waals surface area contributed by atoms with Crippen LogP contribution in [-0.2, 0) is 9.53 Å². The summed E-state index contributed by atoms with van der Waals surface area (Å²) in [6.45, 7) is 16.6. The van der Waals surface area contributed by atoms with E-state index in [0.29, 0.717) is 5.57 Å². The second-order valence-electron chi connectivity index (χ2n) is 2.31. The van der Waals surface area contributed by atoms with E-state index in [0.717, 1.165) is 0 Å². The lowest BCUT2D eigenvalue weighted by Gasteiger charge is -1.98. The summed E-state index contributed by atoms with van der Waals surface area (Å²) in [6, 6.07) is 0. The first-order valence-corrected chi connectivity index (χ1v) is 5.09. The van der Waals surface area contributed by atoms with Gasteiger partial charge in [0.1, 0.15) is 6.61 Å². The van der Waals surface area contributed by atoms with E-state index in [4.69, 9.17) is 0 Å². The molecule has 2 heteroatoms. The van der Waals surface area contributed by atoms with E-state index < -0.39 is 0 Å². The van der Waals surface area contributed by atoms with E-state index in [1.54, 1.807) is 6.08 Å². The molecule has 0 saturated carbocycles. The molecule has 0 unspecified atom stereocenters. The molecule has 0 bridgehead atoms. The summed E-state index contributed by atoms with van der Waals surface area (Å²) in [5.41, 5.74) is 0.713. The van der Waals surface area contributed by atoms with Crippen molar-refractivity contribution >= 4 is 5.97 Å². The third kappa shape index (κ3) is 32.4. The minimum atomic E-state index is -0.294. The van der Waals surface area contributed by atoms with E-state index in [1.807, 2.05) is 39.8 Å². The number of hydrogen-bond acceptors (Lipinski definition) is 2. The molecule has 0 amide bonds. The molecule has 0 radical (unpaired) electrons. The van der Waals surface area contributed by atoms with E-state index in [9.17, 15) is 4.79 Å². The molecule has 15 heavy (non-hydrogen) atoms. The number of hydrogen-bond donors (Lipinski definition) is 0. The third-order valence-corrected chi connectivity index (χ3v) is 1.08. The van der Waals surface area contributed by atoms with Crippen molar-refractivity contribution in [3.05, 3.63) is 37.0 Å². The minimum absolute atomic E-state index is 0.249. The van der Waals surface area contributed by atoms with Crippen LogP contribution in [0.25, 0.3) is 0 Å². The first-order valence-electron chi connectivity index (χ1n) is 5.09. The van der Waals surface area contributed by atoms with Gasteiger partial charge in [0.25, 0.3) is 0 Å². The Morgan fingerprint density at radius 2 is 1.67 bits per heavy atom. The molecule has 2 nitrogen and oxygen atoms in total. The normalized spacial score (nSPS) is 7.80. The highest BCUT2D eigenvalue weighted by Gasteiger charge is 1.91. The zero-order valence-corrected chi connectivity index (χ0v) is 10.7. The van der Waals surface area contributed by atoms with Crippen molar-refractivity contribution in [3.63, 3.8) is 0 Å². The first-order chi connectivity index (χ1) is 7.08.